The molecule has 2 amide bonds. The molecule has 7 heteroatoms. The third kappa shape index (κ3) is 5.36. The number of amides is 2. The second-order valence-electron chi connectivity index (χ2n) is 4.35. The lowest BCUT2D eigenvalue weighted by Crippen LogP contribution is -2.38. The molecule has 1 atom stereocenters. The van der Waals surface area contributed by atoms with Crippen LogP contribution < -0.4 is 16.0 Å². The van der Waals surface area contributed by atoms with E-state index >= 15 is 0 Å². The minimum Gasteiger partial charge on any atom is -0.347 e. The van der Waals surface area contributed by atoms with Crippen LogP contribution >= 0.6 is 23.2 Å². The van der Waals surface area contributed by atoms with E-state index in [0.29, 0.717) is 22.3 Å². The number of rotatable bonds is 6. The molecule has 0 aliphatic rings. The van der Waals surface area contributed by atoms with Gasteiger partial charge in [-0.05, 0) is 25.2 Å². The largest absolute Gasteiger partial charge is 0.347 e. The van der Waals surface area contributed by atoms with Crippen molar-refractivity contribution >= 4 is 40.7 Å². The molecule has 0 bridgehead atoms. The first kappa shape index (κ1) is 16.8. The third-order valence-corrected chi connectivity index (χ3v) is 3.15. The lowest BCUT2D eigenvalue weighted by atomic mass is 10.1. The summed E-state index contributed by atoms with van der Waals surface area (Å²) in [5.41, 5.74) is 0.418. The van der Waals surface area contributed by atoms with Crippen LogP contribution in [0.1, 0.15) is 6.92 Å². The Labute approximate surface area is 128 Å². The molecule has 5 nitrogen and oxygen atoms in total. The number of anilines is 1. The molecule has 0 saturated heterocycles. The number of carbonyl (C=O) groups excluding carboxylic acids is 2. The van der Waals surface area contributed by atoms with Crippen LogP contribution in [0.2, 0.25) is 10.0 Å². The summed E-state index contributed by atoms with van der Waals surface area (Å²) >= 11 is 11.7. The van der Waals surface area contributed by atoms with Gasteiger partial charge in [0.1, 0.15) is 0 Å². The van der Waals surface area contributed by atoms with Gasteiger partial charge in [-0.3, -0.25) is 9.59 Å². The van der Waals surface area contributed by atoms with Crippen molar-refractivity contribution in [3.63, 3.8) is 0 Å². The third-order valence-electron chi connectivity index (χ3n) is 2.58. The predicted molar refractivity (Wildman–Crippen MR) is 81.2 cm³/mol. The molecule has 0 aromatic heterocycles. The van der Waals surface area contributed by atoms with E-state index in [-0.39, 0.29) is 24.3 Å². The van der Waals surface area contributed by atoms with Gasteiger partial charge in [0.25, 0.3) is 0 Å². The first-order valence-electron chi connectivity index (χ1n) is 6.11. The van der Waals surface area contributed by atoms with E-state index in [4.69, 9.17) is 23.2 Å². The van der Waals surface area contributed by atoms with Gasteiger partial charge in [0.15, 0.2) is 0 Å². The summed E-state index contributed by atoms with van der Waals surface area (Å²) in [7, 11) is 1.76. The van der Waals surface area contributed by atoms with Crippen molar-refractivity contribution in [2.24, 2.45) is 5.92 Å². The highest BCUT2D eigenvalue weighted by molar-refractivity contribution is 6.35. The van der Waals surface area contributed by atoms with Crippen LogP contribution in [0.5, 0.6) is 0 Å². The van der Waals surface area contributed by atoms with Gasteiger partial charge in [0, 0.05) is 17.5 Å². The molecule has 0 spiro atoms. The second-order valence-corrected chi connectivity index (χ2v) is 5.19. The van der Waals surface area contributed by atoms with Crippen LogP contribution in [-0.4, -0.2) is 32.0 Å². The van der Waals surface area contributed by atoms with Crippen molar-refractivity contribution in [3.8, 4) is 0 Å². The fraction of sp³-hybridized carbons (Fsp3) is 0.385. The SMILES string of the molecule is CNCC(C)C(=O)NCC(=O)Nc1cc(Cl)ccc1Cl. The van der Waals surface area contributed by atoms with Crippen molar-refractivity contribution in [1.82, 2.24) is 10.6 Å². The van der Waals surface area contributed by atoms with Crippen molar-refractivity contribution in [1.29, 1.82) is 0 Å². The van der Waals surface area contributed by atoms with Crippen molar-refractivity contribution in [2.45, 2.75) is 6.92 Å². The Morgan fingerprint density at radius 1 is 1.30 bits per heavy atom. The van der Waals surface area contributed by atoms with Gasteiger partial charge in [-0.15, -0.1) is 0 Å². The molecule has 0 saturated carbocycles. The quantitative estimate of drug-likeness (QED) is 0.750. The van der Waals surface area contributed by atoms with Gasteiger partial charge in [-0.25, -0.2) is 0 Å². The van der Waals surface area contributed by atoms with Crippen molar-refractivity contribution in [2.75, 3.05) is 25.5 Å². The molecule has 20 heavy (non-hydrogen) atoms. The summed E-state index contributed by atoms with van der Waals surface area (Å²) < 4.78 is 0. The zero-order chi connectivity index (χ0) is 15.1. The maximum Gasteiger partial charge on any atom is 0.243 e. The molecule has 0 radical (unpaired) electrons. The molecule has 0 heterocycles. The van der Waals surface area contributed by atoms with E-state index in [1.165, 1.54) is 0 Å². The summed E-state index contributed by atoms with van der Waals surface area (Å²) in [5, 5.41) is 8.90. The molecule has 110 valence electrons. The van der Waals surface area contributed by atoms with Crippen molar-refractivity contribution in [3.05, 3.63) is 28.2 Å². The zero-order valence-electron chi connectivity index (χ0n) is 11.3. The Morgan fingerprint density at radius 3 is 2.65 bits per heavy atom. The fourth-order valence-corrected chi connectivity index (χ4v) is 1.87. The maximum absolute atomic E-state index is 11.7. The van der Waals surface area contributed by atoms with Gasteiger partial charge in [0.05, 0.1) is 17.3 Å². The van der Waals surface area contributed by atoms with Crippen LogP contribution in [0.15, 0.2) is 18.2 Å². The predicted octanol–water partition coefficient (Wildman–Crippen LogP) is 1.90. The van der Waals surface area contributed by atoms with Gasteiger partial charge in [-0.2, -0.15) is 0 Å². The lowest BCUT2D eigenvalue weighted by molar-refractivity contribution is -0.126. The highest BCUT2D eigenvalue weighted by atomic mass is 35.5. The normalized spacial score (nSPS) is 11.8. The van der Waals surface area contributed by atoms with E-state index in [1.54, 1.807) is 32.2 Å². The molecule has 0 aliphatic carbocycles. The smallest absolute Gasteiger partial charge is 0.243 e. The van der Waals surface area contributed by atoms with Gasteiger partial charge in [0.2, 0.25) is 11.8 Å². The highest BCUT2D eigenvalue weighted by Crippen LogP contribution is 2.25. The maximum atomic E-state index is 11.7. The van der Waals surface area contributed by atoms with Crippen LogP contribution in [0, 0.1) is 5.92 Å². The molecule has 0 aliphatic heterocycles. The summed E-state index contributed by atoms with van der Waals surface area (Å²) in [5.74, 6) is -0.756. The molecule has 1 aromatic rings. The Balaban J connectivity index is 2.48. The summed E-state index contributed by atoms with van der Waals surface area (Å²) in [6, 6.07) is 4.76. The van der Waals surface area contributed by atoms with Crippen LogP contribution in [0.4, 0.5) is 5.69 Å². The van der Waals surface area contributed by atoms with Crippen LogP contribution in [0.25, 0.3) is 0 Å². The Morgan fingerprint density at radius 2 is 2.00 bits per heavy atom. The number of hydrogen-bond acceptors (Lipinski definition) is 3. The summed E-state index contributed by atoms with van der Waals surface area (Å²) in [6.45, 7) is 2.21. The lowest BCUT2D eigenvalue weighted by Gasteiger charge is -2.12. The van der Waals surface area contributed by atoms with Crippen molar-refractivity contribution < 1.29 is 9.59 Å². The Bertz CT molecular complexity index is 495. The molecule has 0 fully saturated rings. The van der Waals surface area contributed by atoms with E-state index in [2.05, 4.69) is 16.0 Å². The second kappa shape index (κ2) is 8.09. The fourth-order valence-electron chi connectivity index (χ4n) is 1.53. The minimum atomic E-state index is -0.362. The Hall–Kier alpha value is -1.30. The zero-order valence-corrected chi connectivity index (χ0v) is 12.8. The monoisotopic (exact) mass is 317 g/mol. The number of benzene rings is 1. The minimum absolute atomic E-state index is 0.115. The topological polar surface area (TPSA) is 70.2 Å². The average Bonchev–Trinajstić information content (AvgIpc) is 2.40. The first-order chi connectivity index (χ1) is 9.43. The summed E-state index contributed by atoms with van der Waals surface area (Å²) in [4.78, 5) is 23.4. The van der Waals surface area contributed by atoms with E-state index in [9.17, 15) is 9.59 Å². The van der Waals surface area contributed by atoms with Gasteiger partial charge >= 0.3 is 0 Å². The van der Waals surface area contributed by atoms with Gasteiger partial charge in [-0.1, -0.05) is 30.1 Å². The standard InChI is InChI=1S/C13H17Cl2N3O2/c1-8(6-16-2)13(20)17-7-12(19)18-11-5-9(14)3-4-10(11)15/h3-5,8,16H,6-7H2,1-2H3,(H,17,20)(H,18,19). The molecular weight excluding hydrogens is 301 g/mol. The van der Waals surface area contributed by atoms with Crippen LogP contribution in [-0.2, 0) is 9.59 Å². The molecular formula is C13H17Cl2N3O2. The van der Waals surface area contributed by atoms with Gasteiger partial charge < -0.3 is 16.0 Å². The average molecular weight is 318 g/mol. The highest BCUT2D eigenvalue weighted by Gasteiger charge is 2.13. The summed E-state index contributed by atoms with van der Waals surface area (Å²) in [6.07, 6.45) is 0. The van der Waals surface area contributed by atoms with E-state index in [1.807, 2.05) is 0 Å². The van der Waals surface area contributed by atoms with E-state index < -0.39 is 0 Å². The van der Waals surface area contributed by atoms with Crippen LogP contribution in [0.3, 0.4) is 0 Å². The number of carbonyl (C=O) groups is 2. The molecule has 1 rings (SSSR count). The molecule has 3 N–H and O–H groups in total. The first-order valence-corrected chi connectivity index (χ1v) is 6.87. The Kier molecular flexibility index (Phi) is 6.78. The number of hydrogen-bond donors (Lipinski definition) is 3. The molecule has 1 unspecified atom stereocenters. The van der Waals surface area contributed by atoms with E-state index in [0.717, 1.165) is 0 Å². The number of nitrogens with one attached hydrogen (secondary N) is 3. The number of halogens is 2. The molecule has 1 aromatic carbocycles.